The fraction of sp³-hybridized carbons (Fsp3) is 0. The molecule has 7 rings (SSSR count). The summed E-state index contributed by atoms with van der Waals surface area (Å²) in [5.74, 6) is -2.79. The Kier molecular flexibility index (Phi) is 7.63. The second-order valence-electron chi connectivity index (χ2n) is 11.0. The molecule has 2 heterocycles. The first kappa shape index (κ1) is 31.8. The van der Waals surface area contributed by atoms with E-state index in [0.29, 0.717) is 5.56 Å². The normalized spacial score (nSPS) is 13.9. The number of sulfone groups is 1. The van der Waals surface area contributed by atoms with Crippen molar-refractivity contribution < 1.29 is 37.2 Å². The molecule has 0 N–H and O–H groups in total. The number of nitrogens with zero attached hydrogens (tertiary/aromatic N) is 2. The number of halogens is 2. The van der Waals surface area contributed by atoms with E-state index in [4.69, 9.17) is 23.2 Å². The van der Waals surface area contributed by atoms with Crippen molar-refractivity contribution >= 4 is 78.5 Å². The molecule has 0 bridgehead atoms. The summed E-state index contributed by atoms with van der Waals surface area (Å²) in [5.41, 5.74) is 2.20. The summed E-state index contributed by atoms with van der Waals surface area (Å²) in [6.45, 7) is 0. The van der Waals surface area contributed by atoms with Crippen molar-refractivity contribution in [2.45, 2.75) is 9.79 Å². The number of carbonyl (C=O) groups is 6. The summed E-state index contributed by atoms with van der Waals surface area (Å²) in [6, 6.07) is 25.7. The van der Waals surface area contributed by atoms with Gasteiger partial charge in [-0.2, -0.15) is 0 Å². The van der Waals surface area contributed by atoms with Crippen LogP contribution >= 0.6 is 23.2 Å². The van der Waals surface area contributed by atoms with E-state index in [0.717, 1.165) is 33.1 Å². The molecule has 0 fully saturated rings. The Hall–Kier alpha value is -5.75. The van der Waals surface area contributed by atoms with Crippen LogP contribution in [0.15, 0.2) is 119 Å². The van der Waals surface area contributed by atoms with Gasteiger partial charge in [0.25, 0.3) is 34.1 Å². The molecular formula is C36H18Cl2N2O8S. The standard InChI is InChI=1S/C36H18Cl2N2O8S/c37-31(41)21-3-1-19(2-4-21)20-5-9-23(10-6-20)39-33(43)27-15-13-25(17-29(27)35(39)45)49(47,48)26-14-16-28-30(18-26)36(46)40(34(28)44)24-11-7-22(8-12-24)32(38)42/h1-18H. The molecule has 0 atom stereocenters. The lowest BCUT2D eigenvalue weighted by molar-refractivity contribution is 0.0910. The van der Waals surface area contributed by atoms with Crippen LogP contribution in [0.2, 0.25) is 0 Å². The first-order chi connectivity index (χ1) is 23.4. The van der Waals surface area contributed by atoms with Crippen molar-refractivity contribution in [3.63, 3.8) is 0 Å². The lowest BCUT2D eigenvalue weighted by Crippen LogP contribution is -2.29. The average Bonchev–Trinajstić information content (AvgIpc) is 3.51. The number of hydrogen-bond acceptors (Lipinski definition) is 8. The van der Waals surface area contributed by atoms with Crippen LogP contribution < -0.4 is 9.80 Å². The Balaban J connectivity index is 1.15. The molecule has 0 spiro atoms. The van der Waals surface area contributed by atoms with Gasteiger partial charge < -0.3 is 0 Å². The fourth-order valence-corrected chi connectivity index (χ4v) is 7.28. The van der Waals surface area contributed by atoms with E-state index < -0.39 is 44.0 Å². The molecule has 5 aromatic carbocycles. The Morgan fingerprint density at radius 3 is 1.16 bits per heavy atom. The van der Waals surface area contributed by atoms with Gasteiger partial charge in [0.15, 0.2) is 0 Å². The van der Waals surface area contributed by atoms with Crippen LogP contribution in [-0.4, -0.2) is 42.5 Å². The van der Waals surface area contributed by atoms with Gasteiger partial charge in [-0.05, 0) is 119 Å². The molecule has 10 nitrogen and oxygen atoms in total. The molecule has 4 amide bonds. The molecule has 49 heavy (non-hydrogen) atoms. The topological polar surface area (TPSA) is 143 Å². The van der Waals surface area contributed by atoms with E-state index in [2.05, 4.69) is 0 Å². The predicted octanol–water partition coefficient (Wildman–Crippen LogP) is 6.55. The van der Waals surface area contributed by atoms with Gasteiger partial charge in [0.2, 0.25) is 9.84 Å². The van der Waals surface area contributed by atoms with E-state index in [1.54, 1.807) is 48.5 Å². The van der Waals surface area contributed by atoms with Gasteiger partial charge >= 0.3 is 0 Å². The molecule has 5 aromatic rings. The molecule has 2 aliphatic heterocycles. The van der Waals surface area contributed by atoms with Crippen LogP contribution in [-0.2, 0) is 9.84 Å². The number of imide groups is 2. The monoisotopic (exact) mass is 708 g/mol. The number of anilines is 2. The van der Waals surface area contributed by atoms with Gasteiger partial charge in [0.05, 0.1) is 43.4 Å². The van der Waals surface area contributed by atoms with Crippen LogP contribution in [0.1, 0.15) is 62.1 Å². The molecule has 240 valence electrons. The van der Waals surface area contributed by atoms with Crippen molar-refractivity contribution in [3.8, 4) is 11.1 Å². The zero-order chi connectivity index (χ0) is 34.8. The van der Waals surface area contributed by atoms with Crippen molar-refractivity contribution in [1.29, 1.82) is 0 Å². The second kappa shape index (κ2) is 11.7. The zero-order valence-corrected chi connectivity index (χ0v) is 27.0. The van der Waals surface area contributed by atoms with Gasteiger partial charge in [-0.3, -0.25) is 28.8 Å². The van der Waals surface area contributed by atoms with Gasteiger partial charge in [-0.1, -0.05) is 24.3 Å². The molecule has 0 aromatic heterocycles. The maximum atomic E-state index is 13.8. The summed E-state index contributed by atoms with van der Waals surface area (Å²) in [6.07, 6.45) is 0. The van der Waals surface area contributed by atoms with Crippen molar-refractivity contribution in [3.05, 3.63) is 143 Å². The van der Waals surface area contributed by atoms with Gasteiger partial charge in [-0.15, -0.1) is 0 Å². The maximum Gasteiger partial charge on any atom is 0.266 e. The van der Waals surface area contributed by atoms with E-state index in [1.807, 2.05) is 0 Å². The van der Waals surface area contributed by atoms with E-state index >= 15 is 0 Å². The predicted molar refractivity (Wildman–Crippen MR) is 179 cm³/mol. The number of hydrogen-bond donors (Lipinski definition) is 0. The minimum atomic E-state index is -4.33. The van der Waals surface area contributed by atoms with Crippen molar-refractivity contribution in [1.82, 2.24) is 0 Å². The summed E-state index contributed by atoms with van der Waals surface area (Å²) in [4.78, 5) is 77.2. The molecule has 0 saturated heterocycles. The number of rotatable bonds is 7. The molecular weight excluding hydrogens is 691 g/mol. The van der Waals surface area contributed by atoms with Crippen LogP contribution in [0.5, 0.6) is 0 Å². The van der Waals surface area contributed by atoms with Crippen LogP contribution in [0.3, 0.4) is 0 Å². The quantitative estimate of drug-likeness (QED) is 0.137. The van der Waals surface area contributed by atoms with Crippen LogP contribution in [0.25, 0.3) is 11.1 Å². The Morgan fingerprint density at radius 1 is 0.449 bits per heavy atom. The lowest BCUT2D eigenvalue weighted by atomic mass is 10.0. The summed E-state index contributed by atoms with van der Waals surface area (Å²) >= 11 is 11.0. The first-order valence-corrected chi connectivity index (χ1v) is 16.6. The Bertz CT molecular complexity index is 2430. The third-order valence-electron chi connectivity index (χ3n) is 8.26. The van der Waals surface area contributed by atoms with E-state index in [-0.39, 0.29) is 49.0 Å². The molecule has 0 unspecified atom stereocenters. The first-order valence-electron chi connectivity index (χ1n) is 14.4. The lowest BCUT2D eigenvalue weighted by Gasteiger charge is -2.14. The van der Waals surface area contributed by atoms with Crippen LogP contribution in [0.4, 0.5) is 11.4 Å². The van der Waals surface area contributed by atoms with E-state index in [1.165, 1.54) is 48.5 Å². The molecule has 13 heteroatoms. The Morgan fingerprint density at radius 2 is 0.776 bits per heavy atom. The van der Waals surface area contributed by atoms with Gasteiger partial charge in [-0.25, -0.2) is 18.2 Å². The largest absolute Gasteiger partial charge is 0.276 e. The minimum Gasteiger partial charge on any atom is -0.276 e. The van der Waals surface area contributed by atoms with Crippen molar-refractivity contribution in [2.75, 3.05) is 9.80 Å². The van der Waals surface area contributed by atoms with Crippen molar-refractivity contribution in [2.24, 2.45) is 0 Å². The molecule has 0 saturated carbocycles. The molecule has 0 aliphatic carbocycles. The minimum absolute atomic E-state index is 0.0137. The highest BCUT2D eigenvalue weighted by atomic mass is 35.5. The highest BCUT2D eigenvalue weighted by Crippen LogP contribution is 2.35. The number of fused-ring (bicyclic) bond motifs is 2. The number of benzene rings is 5. The summed E-state index contributed by atoms with van der Waals surface area (Å²) in [5, 5.41) is -1.30. The van der Waals surface area contributed by atoms with Gasteiger partial charge in [0, 0.05) is 11.1 Å². The average molecular weight is 710 g/mol. The smallest absolute Gasteiger partial charge is 0.266 e. The molecule has 2 aliphatic rings. The van der Waals surface area contributed by atoms with E-state index in [9.17, 15) is 37.2 Å². The maximum absolute atomic E-state index is 13.8. The number of amides is 4. The van der Waals surface area contributed by atoms with Gasteiger partial charge in [0.1, 0.15) is 0 Å². The number of carbonyl (C=O) groups excluding carboxylic acids is 6. The summed E-state index contributed by atoms with van der Waals surface area (Å²) in [7, 11) is -4.33. The second-order valence-corrected chi connectivity index (χ2v) is 13.7. The SMILES string of the molecule is O=C(Cl)c1ccc(-c2ccc(N3C(=O)c4ccc(S(=O)(=O)c5ccc6c(c5)C(=O)N(c5ccc(C(=O)Cl)cc5)C6=O)cc4C3=O)cc2)cc1. The molecule has 0 radical (unpaired) electrons. The van der Waals surface area contributed by atoms with Crippen LogP contribution in [0, 0.1) is 0 Å². The summed E-state index contributed by atoms with van der Waals surface area (Å²) < 4.78 is 27.5. The fourth-order valence-electron chi connectivity index (χ4n) is 5.72. The Labute approximate surface area is 288 Å². The zero-order valence-electron chi connectivity index (χ0n) is 24.7. The highest BCUT2D eigenvalue weighted by molar-refractivity contribution is 7.91. The highest BCUT2D eigenvalue weighted by Gasteiger charge is 2.40. The third-order valence-corrected chi connectivity index (χ3v) is 10.4. The third kappa shape index (κ3) is 5.24.